The van der Waals surface area contributed by atoms with Crippen LogP contribution in [0.5, 0.6) is 0 Å². The van der Waals surface area contributed by atoms with Gasteiger partial charge in [0.1, 0.15) is 0 Å². The van der Waals surface area contributed by atoms with Gasteiger partial charge in [-0.05, 0) is 20.3 Å². The quantitative estimate of drug-likeness (QED) is 0.598. The van der Waals surface area contributed by atoms with E-state index in [-0.39, 0.29) is 12.0 Å². The lowest BCUT2D eigenvalue weighted by molar-refractivity contribution is -0.118. The summed E-state index contributed by atoms with van der Waals surface area (Å²) >= 11 is 1.58. The molecule has 0 saturated carbocycles. The van der Waals surface area contributed by atoms with Crippen LogP contribution in [0.2, 0.25) is 0 Å². The Morgan fingerprint density at radius 1 is 1.44 bits per heavy atom. The molecule has 0 heterocycles. The lowest BCUT2D eigenvalue weighted by Crippen LogP contribution is -2.28. The van der Waals surface area contributed by atoms with Crippen molar-refractivity contribution in [1.29, 1.82) is 0 Å². The Kier molecular flexibility index (Phi) is 9.77. The molecule has 0 aromatic carbocycles. The van der Waals surface area contributed by atoms with Crippen molar-refractivity contribution in [1.82, 2.24) is 5.32 Å². The van der Waals surface area contributed by atoms with Crippen molar-refractivity contribution in [2.75, 3.05) is 25.4 Å². The van der Waals surface area contributed by atoms with Crippen molar-refractivity contribution >= 4 is 17.7 Å². The molecule has 4 nitrogen and oxygen atoms in total. The van der Waals surface area contributed by atoms with E-state index in [2.05, 4.69) is 5.32 Å². The Bertz CT molecular complexity index is 189. The minimum Gasteiger partial charge on any atom is -0.379 e. The molecule has 0 bridgehead atoms. The van der Waals surface area contributed by atoms with Crippen LogP contribution in [0.4, 0.5) is 0 Å². The molecule has 0 aliphatic heterocycles. The lowest BCUT2D eigenvalue weighted by Gasteiger charge is -2.09. The Labute approximate surface area is 103 Å². The van der Waals surface area contributed by atoms with E-state index in [1.54, 1.807) is 11.8 Å². The molecule has 1 amide bonds. The van der Waals surface area contributed by atoms with Crippen molar-refractivity contribution in [2.45, 2.75) is 38.5 Å². The summed E-state index contributed by atoms with van der Waals surface area (Å²) in [5.74, 6) is 0.568. The second-order valence-electron chi connectivity index (χ2n) is 3.98. The molecule has 0 saturated heterocycles. The van der Waals surface area contributed by atoms with Gasteiger partial charge in [-0.15, -0.1) is 11.8 Å². The monoisotopic (exact) mass is 248 g/mol. The molecule has 1 unspecified atom stereocenters. The van der Waals surface area contributed by atoms with Gasteiger partial charge in [0.25, 0.3) is 0 Å². The lowest BCUT2D eigenvalue weighted by atomic mass is 10.4. The van der Waals surface area contributed by atoms with Gasteiger partial charge in [-0.3, -0.25) is 4.79 Å². The molecule has 0 aliphatic rings. The summed E-state index contributed by atoms with van der Waals surface area (Å²) < 4.78 is 5.37. The molecule has 0 rings (SSSR count). The number of carbonyl (C=O) groups is 1. The summed E-state index contributed by atoms with van der Waals surface area (Å²) in [6, 6.07) is 0. The summed E-state index contributed by atoms with van der Waals surface area (Å²) in [7, 11) is 0. The van der Waals surface area contributed by atoms with Crippen LogP contribution < -0.4 is 11.1 Å². The van der Waals surface area contributed by atoms with E-state index in [9.17, 15) is 4.79 Å². The van der Waals surface area contributed by atoms with E-state index in [4.69, 9.17) is 10.5 Å². The van der Waals surface area contributed by atoms with Gasteiger partial charge in [-0.1, -0.05) is 6.92 Å². The van der Waals surface area contributed by atoms with Crippen molar-refractivity contribution in [3.63, 3.8) is 0 Å². The summed E-state index contributed by atoms with van der Waals surface area (Å²) in [6.45, 7) is 8.02. The third-order valence-corrected chi connectivity index (χ3v) is 3.12. The maximum atomic E-state index is 11.3. The van der Waals surface area contributed by atoms with Crippen LogP contribution in [0, 0.1) is 0 Å². The molecular weight excluding hydrogens is 224 g/mol. The molecule has 0 fully saturated rings. The van der Waals surface area contributed by atoms with Gasteiger partial charge in [0.2, 0.25) is 5.91 Å². The molecule has 0 spiro atoms. The maximum absolute atomic E-state index is 11.3. The predicted molar refractivity (Wildman–Crippen MR) is 69.7 cm³/mol. The molecule has 0 radical (unpaired) electrons. The highest BCUT2D eigenvalue weighted by Gasteiger charge is 2.04. The van der Waals surface area contributed by atoms with Gasteiger partial charge in [-0.25, -0.2) is 0 Å². The van der Waals surface area contributed by atoms with Crippen molar-refractivity contribution < 1.29 is 9.53 Å². The standard InChI is InChI=1S/C11H24N2O2S/c1-9(2)15-6-4-5-13-11(14)8-16-10(3)7-12/h9-10H,4-8,12H2,1-3H3,(H,13,14). The molecule has 5 heteroatoms. The van der Waals surface area contributed by atoms with Crippen LogP contribution in [0.15, 0.2) is 0 Å². The van der Waals surface area contributed by atoms with Gasteiger partial charge < -0.3 is 15.8 Å². The number of thioether (sulfide) groups is 1. The second-order valence-corrected chi connectivity index (χ2v) is 5.41. The van der Waals surface area contributed by atoms with Crippen LogP contribution in [0.1, 0.15) is 27.2 Å². The number of ether oxygens (including phenoxy) is 1. The van der Waals surface area contributed by atoms with E-state index < -0.39 is 0 Å². The van der Waals surface area contributed by atoms with Gasteiger partial charge in [0, 0.05) is 24.9 Å². The van der Waals surface area contributed by atoms with Gasteiger partial charge in [0.05, 0.1) is 11.9 Å². The number of rotatable bonds is 9. The van der Waals surface area contributed by atoms with Gasteiger partial charge in [0.15, 0.2) is 0 Å². The van der Waals surface area contributed by atoms with Crippen LogP contribution in [-0.2, 0) is 9.53 Å². The Morgan fingerprint density at radius 3 is 2.69 bits per heavy atom. The molecule has 0 aliphatic carbocycles. The van der Waals surface area contributed by atoms with Gasteiger partial charge >= 0.3 is 0 Å². The topological polar surface area (TPSA) is 64.3 Å². The fourth-order valence-corrected chi connectivity index (χ4v) is 1.63. The number of nitrogens with two attached hydrogens (primary N) is 1. The highest BCUT2D eigenvalue weighted by atomic mass is 32.2. The molecular formula is C11H24N2O2S. The fraction of sp³-hybridized carbons (Fsp3) is 0.909. The number of nitrogens with one attached hydrogen (secondary N) is 1. The molecule has 0 aromatic heterocycles. The van der Waals surface area contributed by atoms with Crippen LogP contribution in [0.3, 0.4) is 0 Å². The first-order chi connectivity index (χ1) is 7.56. The minimum absolute atomic E-state index is 0.0786. The third-order valence-electron chi connectivity index (χ3n) is 1.93. The van der Waals surface area contributed by atoms with Crippen LogP contribution >= 0.6 is 11.8 Å². The first-order valence-electron chi connectivity index (χ1n) is 5.76. The van der Waals surface area contributed by atoms with Crippen LogP contribution in [0.25, 0.3) is 0 Å². The van der Waals surface area contributed by atoms with E-state index >= 15 is 0 Å². The molecule has 3 N–H and O–H groups in total. The zero-order chi connectivity index (χ0) is 12.4. The fourth-order valence-electron chi connectivity index (χ4n) is 0.956. The minimum atomic E-state index is 0.0786. The SMILES string of the molecule is CC(C)OCCCNC(=O)CSC(C)CN. The highest BCUT2D eigenvalue weighted by Crippen LogP contribution is 2.07. The van der Waals surface area contributed by atoms with E-state index in [1.165, 1.54) is 0 Å². The predicted octanol–water partition coefficient (Wildman–Crippen LogP) is 0.998. The van der Waals surface area contributed by atoms with E-state index in [0.29, 0.717) is 30.7 Å². The van der Waals surface area contributed by atoms with E-state index in [1.807, 2.05) is 20.8 Å². The molecule has 1 atom stereocenters. The van der Waals surface area contributed by atoms with Crippen LogP contribution in [-0.4, -0.2) is 42.7 Å². The summed E-state index contributed by atoms with van der Waals surface area (Å²) in [5.41, 5.74) is 5.46. The van der Waals surface area contributed by atoms with E-state index in [0.717, 1.165) is 6.42 Å². The Morgan fingerprint density at radius 2 is 2.12 bits per heavy atom. The maximum Gasteiger partial charge on any atom is 0.230 e. The number of hydrogen-bond donors (Lipinski definition) is 2. The zero-order valence-electron chi connectivity index (χ0n) is 10.5. The average molecular weight is 248 g/mol. The largest absolute Gasteiger partial charge is 0.379 e. The average Bonchev–Trinajstić information content (AvgIpc) is 2.24. The first-order valence-corrected chi connectivity index (χ1v) is 6.81. The van der Waals surface area contributed by atoms with Crippen molar-refractivity contribution in [2.24, 2.45) is 5.73 Å². The second kappa shape index (κ2) is 9.93. The number of hydrogen-bond acceptors (Lipinski definition) is 4. The number of amides is 1. The van der Waals surface area contributed by atoms with Gasteiger partial charge in [-0.2, -0.15) is 0 Å². The van der Waals surface area contributed by atoms with Crippen molar-refractivity contribution in [3.8, 4) is 0 Å². The summed E-state index contributed by atoms with van der Waals surface area (Å²) in [4.78, 5) is 11.3. The zero-order valence-corrected chi connectivity index (χ0v) is 11.3. The molecule has 0 aromatic rings. The Balaban J connectivity index is 3.30. The summed E-state index contributed by atoms with van der Waals surface area (Å²) in [5, 5.41) is 3.20. The highest BCUT2D eigenvalue weighted by molar-refractivity contribution is 8.00. The normalized spacial score (nSPS) is 12.8. The first kappa shape index (κ1) is 15.7. The molecule has 16 heavy (non-hydrogen) atoms. The number of carbonyl (C=O) groups excluding carboxylic acids is 1. The molecule has 96 valence electrons. The Hall–Kier alpha value is -0.260. The van der Waals surface area contributed by atoms with Crippen molar-refractivity contribution in [3.05, 3.63) is 0 Å². The summed E-state index contributed by atoms with van der Waals surface area (Å²) in [6.07, 6.45) is 1.12. The smallest absolute Gasteiger partial charge is 0.230 e. The third kappa shape index (κ3) is 10.3.